The lowest BCUT2D eigenvalue weighted by Gasteiger charge is -2.26. The molecule has 9 heteroatoms. The first kappa shape index (κ1) is 16.1. The van der Waals surface area contributed by atoms with E-state index in [2.05, 4.69) is 35.7 Å². The lowest BCUT2D eigenvalue weighted by atomic mass is 10.1. The number of nitrogens with one attached hydrogen (secondary N) is 1. The molecule has 2 aromatic heterocycles. The van der Waals surface area contributed by atoms with E-state index < -0.39 is 0 Å². The number of anilines is 2. The second-order valence-electron chi connectivity index (χ2n) is 6.08. The molecule has 1 saturated heterocycles. The van der Waals surface area contributed by atoms with Crippen molar-refractivity contribution >= 4 is 17.5 Å². The van der Waals surface area contributed by atoms with E-state index in [1.54, 1.807) is 30.6 Å². The van der Waals surface area contributed by atoms with Gasteiger partial charge in [-0.3, -0.25) is 4.79 Å². The zero-order valence-electron chi connectivity index (χ0n) is 14.1. The van der Waals surface area contributed by atoms with Crippen molar-refractivity contribution in [3.05, 3.63) is 48.5 Å². The molecule has 1 aliphatic heterocycles. The van der Waals surface area contributed by atoms with Crippen molar-refractivity contribution in [2.24, 2.45) is 0 Å². The lowest BCUT2D eigenvalue weighted by molar-refractivity contribution is 0.102. The van der Waals surface area contributed by atoms with Gasteiger partial charge in [0.1, 0.15) is 6.33 Å². The number of carbonyl (C=O) groups excluding carboxylic acids is 1. The molecule has 0 atom stereocenters. The average Bonchev–Trinajstić information content (AvgIpc) is 3.24. The Balaban J connectivity index is 1.45. The quantitative estimate of drug-likeness (QED) is 0.764. The number of carbonyl (C=O) groups is 1. The Hall–Kier alpha value is -3.36. The van der Waals surface area contributed by atoms with Gasteiger partial charge in [0.25, 0.3) is 5.91 Å². The fourth-order valence-electron chi connectivity index (χ4n) is 2.92. The molecule has 0 saturated carbocycles. The first-order chi connectivity index (χ1) is 12.8. The molecule has 3 aromatic rings. The first-order valence-corrected chi connectivity index (χ1v) is 8.51. The molecule has 1 amide bonds. The highest BCUT2D eigenvalue weighted by Gasteiger charge is 2.14. The van der Waals surface area contributed by atoms with Crippen molar-refractivity contribution in [3.63, 3.8) is 0 Å². The fourth-order valence-corrected chi connectivity index (χ4v) is 2.92. The van der Waals surface area contributed by atoms with Gasteiger partial charge in [-0.2, -0.15) is 0 Å². The van der Waals surface area contributed by atoms with Gasteiger partial charge in [0.05, 0.1) is 23.8 Å². The molecule has 1 fully saturated rings. The Kier molecular flexibility index (Phi) is 4.50. The molecular formula is C17H18N8O. The Morgan fingerprint density at radius 1 is 1.08 bits per heavy atom. The van der Waals surface area contributed by atoms with Crippen LogP contribution in [0.4, 0.5) is 11.6 Å². The maximum atomic E-state index is 12.5. The molecule has 0 aliphatic carbocycles. The molecule has 0 radical (unpaired) electrons. The highest BCUT2D eigenvalue weighted by molar-refractivity contribution is 6.04. The summed E-state index contributed by atoms with van der Waals surface area (Å²) in [6, 6.07) is 7.05. The van der Waals surface area contributed by atoms with Crippen LogP contribution in [0.3, 0.4) is 0 Å². The number of hydrogen-bond acceptors (Lipinski definition) is 7. The molecular weight excluding hydrogens is 332 g/mol. The highest BCUT2D eigenvalue weighted by Crippen LogP contribution is 2.17. The molecule has 26 heavy (non-hydrogen) atoms. The third-order valence-corrected chi connectivity index (χ3v) is 4.26. The maximum Gasteiger partial charge on any atom is 0.255 e. The minimum absolute atomic E-state index is 0.241. The van der Waals surface area contributed by atoms with Crippen molar-refractivity contribution < 1.29 is 4.79 Å². The van der Waals surface area contributed by atoms with Gasteiger partial charge in [0.15, 0.2) is 0 Å². The van der Waals surface area contributed by atoms with Crippen LogP contribution >= 0.6 is 0 Å². The second-order valence-corrected chi connectivity index (χ2v) is 6.08. The Morgan fingerprint density at radius 3 is 2.62 bits per heavy atom. The number of aromatic nitrogens is 6. The van der Waals surface area contributed by atoms with Gasteiger partial charge in [-0.15, -0.1) is 5.10 Å². The maximum absolute atomic E-state index is 12.5. The average molecular weight is 350 g/mol. The number of amides is 1. The van der Waals surface area contributed by atoms with Crippen LogP contribution in [0.5, 0.6) is 0 Å². The molecule has 0 unspecified atom stereocenters. The van der Waals surface area contributed by atoms with E-state index in [0.29, 0.717) is 22.9 Å². The summed E-state index contributed by atoms with van der Waals surface area (Å²) in [4.78, 5) is 23.4. The summed E-state index contributed by atoms with van der Waals surface area (Å²) in [6.07, 6.45) is 8.34. The van der Waals surface area contributed by atoms with Crippen LogP contribution in [-0.4, -0.2) is 49.2 Å². The van der Waals surface area contributed by atoms with Gasteiger partial charge >= 0.3 is 0 Å². The molecule has 4 rings (SSSR count). The fraction of sp³-hybridized carbons (Fsp3) is 0.294. The van der Waals surface area contributed by atoms with E-state index >= 15 is 0 Å². The zero-order chi connectivity index (χ0) is 17.8. The van der Waals surface area contributed by atoms with Crippen molar-refractivity contribution in [3.8, 4) is 5.69 Å². The summed E-state index contributed by atoms with van der Waals surface area (Å²) in [5.41, 5.74) is 1.76. The Labute approximate surface area is 150 Å². The predicted octanol–water partition coefficient (Wildman–Crippen LogP) is 1.69. The van der Waals surface area contributed by atoms with Crippen LogP contribution in [-0.2, 0) is 0 Å². The summed E-state index contributed by atoms with van der Waals surface area (Å²) in [7, 11) is 0. The number of rotatable bonds is 4. The van der Waals surface area contributed by atoms with E-state index in [9.17, 15) is 4.79 Å². The third kappa shape index (κ3) is 3.51. The van der Waals surface area contributed by atoms with E-state index in [4.69, 9.17) is 0 Å². The van der Waals surface area contributed by atoms with E-state index in [0.717, 1.165) is 13.1 Å². The molecule has 132 valence electrons. The van der Waals surface area contributed by atoms with Gasteiger partial charge < -0.3 is 10.2 Å². The molecule has 0 spiro atoms. The van der Waals surface area contributed by atoms with Gasteiger partial charge in [-0.25, -0.2) is 14.6 Å². The Bertz CT molecular complexity index is 872. The Morgan fingerprint density at radius 2 is 1.88 bits per heavy atom. The number of tetrazole rings is 1. The molecule has 9 nitrogen and oxygen atoms in total. The summed E-state index contributed by atoms with van der Waals surface area (Å²) in [5.74, 6) is 0.470. The van der Waals surface area contributed by atoms with Gasteiger partial charge in [0.2, 0.25) is 5.95 Å². The van der Waals surface area contributed by atoms with Crippen LogP contribution < -0.4 is 10.2 Å². The van der Waals surface area contributed by atoms with Crippen LogP contribution in [0, 0.1) is 0 Å². The molecule has 1 aromatic carbocycles. The SMILES string of the molecule is O=C(Nc1cnc(N2CCCCC2)nc1)c1cccc(-n2cnnn2)c1. The molecule has 1 N–H and O–H groups in total. The van der Waals surface area contributed by atoms with Crippen LogP contribution in [0.2, 0.25) is 0 Å². The predicted molar refractivity (Wildman–Crippen MR) is 95.2 cm³/mol. The van der Waals surface area contributed by atoms with Crippen LogP contribution in [0.1, 0.15) is 29.6 Å². The molecule has 1 aliphatic rings. The molecule has 0 bridgehead atoms. The summed E-state index contributed by atoms with van der Waals surface area (Å²) in [5, 5.41) is 13.8. The minimum Gasteiger partial charge on any atom is -0.341 e. The number of piperidine rings is 1. The molecule has 3 heterocycles. The topological polar surface area (TPSA) is 102 Å². The first-order valence-electron chi connectivity index (χ1n) is 8.51. The standard InChI is InChI=1S/C17H18N8O/c26-16(13-5-4-6-15(9-13)25-12-20-22-23-25)21-14-10-18-17(19-11-14)24-7-2-1-3-8-24/h4-6,9-12H,1-3,7-8H2,(H,21,26). The largest absolute Gasteiger partial charge is 0.341 e. The normalized spacial score (nSPS) is 14.2. The minimum atomic E-state index is -0.241. The van der Waals surface area contributed by atoms with Crippen molar-refractivity contribution in [1.29, 1.82) is 0 Å². The second kappa shape index (κ2) is 7.26. The van der Waals surface area contributed by atoms with Gasteiger partial charge in [-0.1, -0.05) is 6.07 Å². The number of benzene rings is 1. The van der Waals surface area contributed by atoms with Crippen LogP contribution in [0.15, 0.2) is 43.0 Å². The van der Waals surface area contributed by atoms with E-state index in [-0.39, 0.29) is 5.91 Å². The van der Waals surface area contributed by atoms with Crippen LogP contribution in [0.25, 0.3) is 5.69 Å². The van der Waals surface area contributed by atoms with Gasteiger partial charge in [0, 0.05) is 18.7 Å². The van der Waals surface area contributed by atoms with Gasteiger partial charge in [-0.05, 0) is 47.9 Å². The summed E-state index contributed by atoms with van der Waals surface area (Å²) >= 11 is 0. The van der Waals surface area contributed by atoms with Crippen molar-refractivity contribution in [2.75, 3.05) is 23.3 Å². The lowest BCUT2D eigenvalue weighted by Crippen LogP contribution is -2.30. The number of nitrogens with zero attached hydrogens (tertiary/aromatic N) is 7. The summed E-state index contributed by atoms with van der Waals surface area (Å²) in [6.45, 7) is 1.96. The number of hydrogen-bond donors (Lipinski definition) is 1. The third-order valence-electron chi connectivity index (χ3n) is 4.26. The van der Waals surface area contributed by atoms with E-state index in [1.165, 1.54) is 30.3 Å². The van der Waals surface area contributed by atoms with Crippen molar-refractivity contribution in [2.45, 2.75) is 19.3 Å². The zero-order valence-corrected chi connectivity index (χ0v) is 14.1. The summed E-state index contributed by atoms with van der Waals surface area (Å²) < 4.78 is 1.49. The highest BCUT2D eigenvalue weighted by atomic mass is 16.1. The van der Waals surface area contributed by atoms with Crippen molar-refractivity contribution in [1.82, 2.24) is 30.2 Å². The van der Waals surface area contributed by atoms with E-state index in [1.807, 2.05) is 6.07 Å². The smallest absolute Gasteiger partial charge is 0.255 e. The monoisotopic (exact) mass is 350 g/mol.